The first-order chi connectivity index (χ1) is 8.19. The van der Waals surface area contributed by atoms with Crippen molar-refractivity contribution in [2.75, 3.05) is 13.2 Å². The third-order valence-corrected chi connectivity index (χ3v) is 3.16. The van der Waals surface area contributed by atoms with E-state index < -0.39 is 6.29 Å². The first-order valence-corrected chi connectivity index (χ1v) is 6.84. The highest BCUT2D eigenvalue weighted by Crippen LogP contribution is 2.18. The summed E-state index contributed by atoms with van der Waals surface area (Å²) >= 11 is 1.48. The second-order valence-corrected chi connectivity index (χ2v) is 5.14. The lowest BCUT2D eigenvalue weighted by Crippen LogP contribution is -2.27. The molecule has 0 aliphatic carbocycles. The van der Waals surface area contributed by atoms with Crippen LogP contribution >= 0.6 is 11.3 Å². The first-order valence-electron chi connectivity index (χ1n) is 6.02. The molecule has 3 nitrogen and oxygen atoms in total. The molecule has 1 heterocycles. The molecule has 1 aromatic rings. The van der Waals surface area contributed by atoms with Gasteiger partial charge in [0.15, 0.2) is 0 Å². The second kappa shape index (κ2) is 7.58. The zero-order valence-electron chi connectivity index (χ0n) is 10.7. The minimum Gasteiger partial charge on any atom is -0.346 e. The first kappa shape index (κ1) is 14.4. The Bertz CT molecular complexity index is 338. The van der Waals surface area contributed by atoms with Crippen LogP contribution in [-0.2, 0) is 9.47 Å². The monoisotopic (exact) mass is 256 g/mol. The molecule has 0 atom stereocenters. The fourth-order valence-corrected chi connectivity index (χ4v) is 2.15. The molecule has 0 aliphatic heterocycles. The van der Waals surface area contributed by atoms with Gasteiger partial charge in [-0.15, -0.1) is 11.3 Å². The fraction of sp³-hybridized carbons (Fsp3) is 0.615. The number of aryl methyl sites for hydroxylation is 1. The van der Waals surface area contributed by atoms with Crippen LogP contribution in [0.25, 0.3) is 0 Å². The molecular formula is C13H20O3S. The maximum Gasteiger partial charge on any atom is 0.228 e. The normalized spacial score (nSPS) is 11.1. The van der Waals surface area contributed by atoms with E-state index in [2.05, 4.69) is 0 Å². The number of thiophene rings is 1. The summed E-state index contributed by atoms with van der Waals surface area (Å²) in [7, 11) is 0. The molecule has 4 heteroatoms. The van der Waals surface area contributed by atoms with E-state index in [1.165, 1.54) is 11.3 Å². The summed E-state index contributed by atoms with van der Waals surface area (Å²) < 4.78 is 10.9. The zero-order chi connectivity index (χ0) is 12.7. The van der Waals surface area contributed by atoms with Crippen molar-refractivity contribution in [3.8, 4) is 0 Å². The van der Waals surface area contributed by atoms with E-state index in [4.69, 9.17) is 9.47 Å². The molecular weight excluding hydrogens is 236 g/mol. The maximum absolute atomic E-state index is 12.1. The highest BCUT2D eigenvalue weighted by Gasteiger charge is 2.22. The topological polar surface area (TPSA) is 35.5 Å². The Morgan fingerprint density at radius 3 is 2.24 bits per heavy atom. The van der Waals surface area contributed by atoms with E-state index in [0.717, 1.165) is 17.7 Å². The molecule has 0 saturated heterocycles. The van der Waals surface area contributed by atoms with Gasteiger partial charge in [0.25, 0.3) is 0 Å². The Balaban J connectivity index is 2.64. The van der Waals surface area contributed by atoms with E-state index in [0.29, 0.717) is 18.1 Å². The average Bonchev–Trinajstić information content (AvgIpc) is 2.75. The summed E-state index contributed by atoms with van der Waals surface area (Å²) in [5.74, 6) is -0.0648. The third kappa shape index (κ3) is 4.58. The molecule has 0 radical (unpaired) electrons. The Hall–Kier alpha value is -0.710. The van der Waals surface area contributed by atoms with Crippen molar-refractivity contribution in [2.45, 2.75) is 39.9 Å². The quantitative estimate of drug-likeness (QED) is 0.528. The number of Topliss-reactive ketones (excluding diaryl/α,β-unsaturated/α-hetero) is 1. The van der Waals surface area contributed by atoms with E-state index in [-0.39, 0.29) is 5.78 Å². The predicted octanol–water partition coefficient (Wildman–Crippen LogP) is 3.42. The second-order valence-electron chi connectivity index (χ2n) is 3.85. The minimum absolute atomic E-state index is 0.0648. The lowest BCUT2D eigenvalue weighted by Gasteiger charge is -2.15. The summed E-state index contributed by atoms with van der Waals surface area (Å²) in [6.07, 6.45) is 1.01. The highest BCUT2D eigenvalue weighted by atomic mass is 32.1. The molecule has 1 aromatic heterocycles. The van der Waals surface area contributed by atoms with Gasteiger partial charge in [-0.05, 0) is 31.9 Å². The molecule has 0 N–H and O–H groups in total. The van der Waals surface area contributed by atoms with Gasteiger partial charge in [0.1, 0.15) is 0 Å². The molecule has 17 heavy (non-hydrogen) atoms. The van der Waals surface area contributed by atoms with Crippen LogP contribution in [0.2, 0.25) is 0 Å². The predicted molar refractivity (Wildman–Crippen MR) is 69.7 cm³/mol. The van der Waals surface area contributed by atoms with Gasteiger partial charge < -0.3 is 9.47 Å². The number of rotatable bonds is 8. The zero-order valence-corrected chi connectivity index (χ0v) is 11.5. The molecule has 0 fully saturated rings. The van der Waals surface area contributed by atoms with Gasteiger partial charge >= 0.3 is 0 Å². The van der Waals surface area contributed by atoms with Crippen molar-refractivity contribution in [3.05, 3.63) is 21.9 Å². The van der Waals surface area contributed by atoms with Gasteiger partial charge in [-0.2, -0.15) is 0 Å². The minimum atomic E-state index is -0.743. The molecule has 1 rings (SSSR count). The molecule has 96 valence electrons. The Kier molecular flexibility index (Phi) is 6.40. The summed E-state index contributed by atoms with van der Waals surface area (Å²) in [6, 6.07) is 3.77. The molecule has 0 amide bonds. The average molecular weight is 256 g/mol. The maximum atomic E-state index is 12.1. The number of ether oxygens (including phenoxy) is 2. The van der Waals surface area contributed by atoms with Gasteiger partial charge in [0, 0.05) is 18.1 Å². The molecule has 0 bridgehead atoms. The van der Waals surface area contributed by atoms with Crippen LogP contribution < -0.4 is 0 Å². The van der Waals surface area contributed by atoms with Gasteiger partial charge in [-0.1, -0.05) is 13.8 Å². The van der Waals surface area contributed by atoms with Crippen LogP contribution in [0.5, 0.6) is 0 Å². The number of hydrogen-bond donors (Lipinski definition) is 0. The summed E-state index contributed by atoms with van der Waals surface area (Å²) in [5, 5.41) is 0. The van der Waals surface area contributed by atoms with Crippen LogP contribution in [0, 0.1) is 6.92 Å². The molecule has 0 aliphatic rings. The highest BCUT2D eigenvalue weighted by molar-refractivity contribution is 7.14. The van der Waals surface area contributed by atoms with Crippen molar-refractivity contribution in [1.29, 1.82) is 0 Å². The van der Waals surface area contributed by atoms with E-state index in [9.17, 15) is 4.79 Å². The largest absolute Gasteiger partial charge is 0.346 e. The van der Waals surface area contributed by atoms with E-state index >= 15 is 0 Å². The summed E-state index contributed by atoms with van der Waals surface area (Å²) in [5.41, 5.74) is 0. The number of carbonyl (C=O) groups is 1. The Labute approximate surface area is 107 Å². The third-order valence-electron chi connectivity index (χ3n) is 2.14. The number of hydrogen-bond acceptors (Lipinski definition) is 4. The van der Waals surface area contributed by atoms with Crippen LogP contribution in [0.1, 0.15) is 41.2 Å². The van der Waals surface area contributed by atoms with Crippen molar-refractivity contribution >= 4 is 17.1 Å². The Morgan fingerprint density at radius 2 is 1.82 bits per heavy atom. The fourth-order valence-electron chi connectivity index (χ4n) is 1.33. The smallest absolute Gasteiger partial charge is 0.228 e. The van der Waals surface area contributed by atoms with Gasteiger partial charge in [-0.25, -0.2) is 0 Å². The molecule has 0 saturated carbocycles. The Morgan fingerprint density at radius 1 is 1.24 bits per heavy atom. The number of carbonyl (C=O) groups excluding carboxylic acids is 1. The van der Waals surface area contributed by atoms with Gasteiger partial charge in [-0.3, -0.25) is 4.79 Å². The lowest BCUT2D eigenvalue weighted by molar-refractivity contribution is -0.113. The van der Waals surface area contributed by atoms with Gasteiger partial charge in [0.05, 0.1) is 4.88 Å². The van der Waals surface area contributed by atoms with Crippen LogP contribution in [0.3, 0.4) is 0 Å². The van der Waals surface area contributed by atoms with Crippen LogP contribution in [0.4, 0.5) is 0 Å². The molecule has 0 aromatic carbocycles. The van der Waals surface area contributed by atoms with E-state index in [1.807, 2.05) is 32.9 Å². The number of ketones is 1. The van der Waals surface area contributed by atoms with Crippen molar-refractivity contribution < 1.29 is 14.3 Å². The van der Waals surface area contributed by atoms with Gasteiger partial charge in [0.2, 0.25) is 12.1 Å². The summed E-state index contributed by atoms with van der Waals surface area (Å²) in [4.78, 5) is 14.0. The van der Waals surface area contributed by atoms with Crippen LogP contribution in [0.15, 0.2) is 12.1 Å². The van der Waals surface area contributed by atoms with Crippen LogP contribution in [-0.4, -0.2) is 25.3 Å². The SMILES string of the molecule is CCCOC(OCCC)C(=O)c1ccc(C)s1. The van der Waals surface area contributed by atoms with E-state index in [1.54, 1.807) is 0 Å². The van der Waals surface area contributed by atoms with Crippen molar-refractivity contribution in [2.24, 2.45) is 0 Å². The molecule has 0 spiro atoms. The lowest BCUT2D eigenvalue weighted by atomic mass is 10.3. The van der Waals surface area contributed by atoms with Crippen molar-refractivity contribution in [1.82, 2.24) is 0 Å². The standard InChI is InChI=1S/C13H20O3S/c1-4-8-15-13(16-9-5-2)12(14)11-7-6-10(3)17-11/h6-7,13H,4-5,8-9H2,1-3H3. The summed E-state index contributed by atoms with van der Waals surface area (Å²) in [6.45, 7) is 7.10. The van der Waals surface area contributed by atoms with Crippen molar-refractivity contribution in [3.63, 3.8) is 0 Å². The molecule has 0 unspecified atom stereocenters.